The van der Waals surface area contributed by atoms with E-state index in [2.05, 4.69) is 15.3 Å². The van der Waals surface area contributed by atoms with Crippen LogP contribution in [-0.2, 0) is 0 Å². The van der Waals surface area contributed by atoms with Crippen LogP contribution in [0.2, 0.25) is 0 Å². The summed E-state index contributed by atoms with van der Waals surface area (Å²) in [4.78, 5) is 0. The zero-order chi connectivity index (χ0) is 14.1. The summed E-state index contributed by atoms with van der Waals surface area (Å²) in [6.45, 7) is 0. The van der Waals surface area contributed by atoms with Gasteiger partial charge in [-0.1, -0.05) is 60.7 Å². The summed E-state index contributed by atoms with van der Waals surface area (Å²) < 4.78 is 1.77. The Morgan fingerprint density at radius 2 is 1.62 bits per heavy atom. The molecular formula is C17H12N4. The predicted molar refractivity (Wildman–Crippen MR) is 83.7 cm³/mol. The van der Waals surface area contributed by atoms with Crippen molar-refractivity contribution in [3.05, 3.63) is 72.2 Å². The van der Waals surface area contributed by atoms with E-state index in [4.69, 9.17) is 0 Å². The monoisotopic (exact) mass is 272 g/mol. The van der Waals surface area contributed by atoms with E-state index in [9.17, 15) is 0 Å². The quantitative estimate of drug-likeness (QED) is 0.561. The minimum atomic E-state index is 0.722. The number of hydrogen-bond donors (Lipinski definition) is 0. The lowest BCUT2D eigenvalue weighted by Crippen LogP contribution is -1.94. The second-order valence-electron chi connectivity index (χ2n) is 4.77. The van der Waals surface area contributed by atoms with Crippen LogP contribution in [0, 0.1) is 0 Å². The van der Waals surface area contributed by atoms with Crippen LogP contribution in [0.15, 0.2) is 60.8 Å². The summed E-state index contributed by atoms with van der Waals surface area (Å²) in [5.41, 5.74) is 1.90. The highest BCUT2D eigenvalue weighted by Crippen LogP contribution is 2.18. The van der Waals surface area contributed by atoms with Gasteiger partial charge in [-0.25, -0.2) is 0 Å². The van der Waals surface area contributed by atoms with Crippen LogP contribution in [0.4, 0.5) is 0 Å². The summed E-state index contributed by atoms with van der Waals surface area (Å²) in [5, 5.41) is 15.0. The average molecular weight is 272 g/mol. The van der Waals surface area contributed by atoms with E-state index >= 15 is 0 Å². The van der Waals surface area contributed by atoms with E-state index in [1.165, 1.54) is 0 Å². The Morgan fingerprint density at radius 1 is 0.810 bits per heavy atom. The van der Waals surface area contributed by atoms with Gasteiger partial charge in [0, 0.05) is 10.8 Å². The molecule has 0 radical (unpaired) electrons. The van der Waals surface area contributed by atoms with Gasteiger partial charge >= 0.3 is 0 Å². The Hall–Kier alpha value is -3.01. The molecule has 100 valence electrons. The molecule has 2 heterocycles. The van der Waals surface area contributed by atoms with Crippen LogP contribution < -0.4 is 0 Å². The molecule has 2 aromatic heterocycles. The first-order valence-electron chi connectivity index (χ1n) is 6.74. The molecule has 0 bridgehead atoms. The molecule has 2 aromatic carbocycles. The van der Waals surface area contributed by atoms with Crippen LogP contribution in [0.5, 0.6) is 0 Å². The second-order valence-corrected chi connectivity index (χ2v) is 4.77. The first-order valence-corrected chi connectivity index (χ1v) is 6.74. The third-order valence-corrected chi connectivity index (χ3v) is 3.40. The van der Waals surface area contributed by atoms with Gasteiger partial charge in [0.05, 0.1) is 6.20 Å². The lowest BCUT2D eigenvalue weighted by Gasteiger charge is -1.98. The van der Waals surface area contributed by atoms with E-state index in [-0.39, 0.29) is 0 Å². The van der Waals surface area contributed by atoms with Gasteiger partial charge in [0.15, 0.2) is 11.5 Å². The van der Waals surface area contributed by atoms with Gasteiger partial charge in [0.1, 0.15) is 0 Å². The number of nitrogens with zero attached hydrogens (tertiary/aromatic N) is 4. The minimum Gasteiger partial charge on any atom is -0.193 e. The zero-order valence-corrected chi connectivity index (χ0v) is 11.2. The third kappa shape index (κ3) is 2.07. The summed E-state index contributed by atoms with van der Waals surface area (Å²) >= 11 is 0. The normalized spacial score (nSPS) is 11.6. The largest absolute Gasteiger partial charge is 0.193 e. The smallest absolute Gasteiger partial charge is 0.186 e. The molecule has 21 heavy (non-hydrogen) atoms. The average Bonchev–Trinajstić information content (AvgIpc) is 2.97. The molecule has 0 aliphatic carbocycles. The van der Waals surface area contributed by atoms with Gasteiger partial charge in [-0.15, -0.1) is 10.2 Å². The van der Waals surface area contributed by atoms with Crippen molar-refractivity contribution in [3.63, 3.8) is 0 Å². The van der Waals surface area contributed by atoms with Crippen molar-refractivity contribution in [1.82, 2.24) is 19.8 Å². The van der Waals surface area contributed by atoms with Crippen molar-refractivity contribution in [2.75, 3.05) is 0 Å². The molecule has 4 rings (SSSR count). The number of fused-ring (bicyclic) bond motifs is 3. The van der Waals surface area contributed by atoms with Crippen LogP contribution in [0.1, 0.15) is 11.4 Å². The highest BCUT2D eigenvalue weighted by Gasteiger charge is 2.07. The summed E-state index contributed by atoms with van der Waals surface area (Å²) in [7, 11) is 0. The van der Waals surface area contributed by atoms with Gasteiger partial charge in [-0.05, 0) is 11.6 Å². The van der Waals surface area contributed by atoms with E-state index in [0.29, 0.717) is 0 Å². The topological polar surface area (TPSA) is 43.1 Å². The zero-order valence-electron chi connectivity index (χ0n) is 11.2. The summed E-state index contributed by atoms with van der Waals surface area (Å²) in [6, 6.07) is 18.1. The molecule has 4 nitrogen and oxygen atoms in total. The lowest BCUT2D eigenvalue weighted by molar-refractivity contribution is 0.921. The Balaban J connectivity index is 1.84. The van der Waals surface area contributed by atoms with Crippen molar-refractivity contribution in [1.29, 1.82) is 0 Å². The first kappa shape index (κ1) is 11.8. The minimum absolute atomic E-state index is 0.722. The van der Waals surface area contributed by atoms with Crippen molar-refractivity contribution in [2.24, 2.45) is 0 Å². The van der Waals surface area contributed by atoms with Crippen molar-refractivity contribution >= 4 is 28.6 Å². The highest BCUT2D eigenvalue weighted by molar-refractivity contribution is 5.93. The van der Waals surface area contributed by atoms with Crippen LogP contribution in [0.25, 0.3) is 28.6 Å². The third-order valence-electron chi connectivity index (χ3n) is 3.40. The Bertz CT molecular complexity index is 939. The highest BCUT2D eigenvalue weighted by atomic mass is 15.4. The Labute approximate surface area is 121 Å². The fraction of sp³-hybridized carbons (Fsp3) is 0. The Kier molecular flexibility index (Phi) is 2.71. The summed E-state index contributed by atoms with van der Waals surface area (Å²) in [6.07, 6.45) is 5.77. The molecule has 0 fully saturated rings. The van der Waals surface area contributed by atoms with Gasteiger partial charge in [0.2, 0.25) is 0 Å². The van der Waals surface area contributed by atoms with E-state index in [1.807, 2.05) is 72.9 Å². The van der Waals surface area contributed by atoms with Gasteiger partial charge in [0.25, 0.3) is 0 Å². The fourth-order valence-corrected chi connectivity index (χ4v) is 2.35. The van der Waals surface area contributed by atoms with Crippen LogP contribution in [-0.4, -0.2) is 19.8 Å². The van der Waals surface area contributed by atoms with E-state index < -0.39 is 0 Å². The molecule has 0 saturated carbocycles. The SMILES string of the molecule is C(=C\c1nnc2c3ccccc3cnn12)/c1ccccc1. The molecule has 0 atom stereocenters. The van der Waals surface area contributed by atoms with Crippen molar-refractivity contribution < 1.29 is 0 Å². The lowest BCUT2D eigenvalue weighted by atomic mass is 10.2. The van der Waals surface area contributed by atoms with E-state index in [0.717, 1.165) is 27.8 Å². The molecule has 0 saturated heterocycles. The molecule has 0 unspecified atom stereocenters. The maximum Gasteiger partial charge on any atom is 0.186 e. The maximum absolute atomic E-state index is 4.42. The number of benzene rings is 2. The number of hydrogen-bond acceptors (Lipinski definition) is 3. The molecule has 0 amide bonds. The van der Waals surface area contributed by atoms with Crippen LogP contribution in [0.3, 0.4) is 0 Å². The molecule has 0 aliphatic rings. The number of aromatic nitrogens is 4. The standard InChI is InChI=1S/C17H12N4/c1-2-6-13(7-3-1)10-11-16-19-20-17-15-9-5-4-8-14(15)12-18-21(16)17/h1-12H/b11-10+. The van der Waals surface area contributed by atoms with Gasteiger partial charge < -0.3 is 0 Å². The van der Waals surface area contributed by atoms with E-state index in [1.54, 1.807) is 4.52 Å². The number of rotatable bonds is 2. The molecule has 4 aromatic rings. The first-order chi connectivity index (χ1) is 10.4. The molecule has 0 spiro atoms. The fourth-order valence-electron chi connectivity index (χ4n) is 2.35. The second kappa shape index (κ2) is 4.83. The van der Waals surface area contributed by atoms with Crippen molar-refractivity contribution in [3.8, 4) is 0 Å². The Morgan fingerprint density at radius 3 is 2.52 bits per heavy atom. The predicted octanol–water partition coefficient (Wildman–Crippen LogP) is 3.45. The molecule has 4 heteroatoms. The maximum atomic E-state index is 4.42. The van der Waals surface area contributed by atoms with Crippen LogP contribution >= 0.6 is 0 Å². The van der Waals surface area contributed by atoms with Crippen molar-refractivity contribution in [2.45, 2.75) is 0 Å². The summed E-state index contributed by atoms with van der Waals surface area (Å²) in [5.74, 6) is 0.722. The van der Waals surface area contributed by atoms with Gasteiger partial charge in [-0.3, -0.25) is 0 Å². The molecular weight excluding hydrogens is 260 g/mol. The molecule has 0 N–H and O–H groups in total. The molecule has 0 aliphatic heterocycles. The van der Waals surface area contributed by atoms with Gasteiger partial charge in [-0.2, -0.15) is 9.61 Å².